The highest BCUT2D eigenvalue weighted by Gasteiger charge is 2.27. The van der Waals surface area contributed by atoms with Gasteiger partial charge in [0.25, 0.3) is 0 Å². The van der Waals surface area contributed by atoms with E-state index in [0.717, 1.165) is 5.57 Å². The summed E-state index contributed by atoms with van der Waals surface area (Å²) >= 11 is 0. The van der Waals surface area contributed by atoms with E-state index in [1.54, 1.807) is 18.2 Å². The first-order valence-corrected chi connectivity index (χ1v) is 10.2. The van der Waals surface area contributed by atoms with E-state index >= 15 is 0 Å². The Bertz CT molecular complexity index is 891. The highest BCUT2D eigenvalue weighted by Crippen LogP contribution is 2.33. The fourth-order valence-electron chi connectivity index (χ4n) is 2.69. The molecule has 0 saturated carbocycles. The van der Waals surface area contributed by atoms with Gasteiger partial charge in [-0.1, -0.05) is 30.4 Å². The Hall–Kier alpha value is -2.35. The molecule has 0 aromatic heterocycles. The molecule has 1 saturated heterocycles. The van der Waals surface area contributed by atoms with Crippen LogP contribution in [0.5, 0.6) is 11.5 Å². The quantitative estimate of drug-likeness (QED) is 0.736. The second-order valence-corrected chi connectivity index (χ2v) is 8.34. The summed E-state index contributed by atoms with van der Waals surface area (Å²) in [6.45, 7) is 7.85. The van der Waals surface area contributed by atoms with Crippen molar-refractivity contribution in [3.8, 4) is 11.5 Å². The van der Waals surface area contributed by atoms with Gasteiger partial charge in [-0.05, 0) is 37.3 Å². The average molecular weight is 388 g/mol. The van der Waals surface area contributed by atoms with Crippen LogP contribution in [0.1, 0.15) is 6.92 Å². The Kier molecular flexibility index (Phi) is 6.15. The van der Waals surface area contributed by atoms with Crippen LogP contribution in [0.15, 0.2) is 65.6 Å². The van der Waals surface area contributed by atoms with E-state index < -0.39 is 10.0 Å². The van der Waals surface area contributed by atoms with Gasteiger partial charge in [0.05, 0.1) is 23.8 Å². The maximum absolute atomic E-state index is 12.9. The van der Waals surface area contributed by atoms with Crippen molar-refractivity contribution in [3.63, 3.8) is 0 Å². The maximum Gasteiger partial charge on any atom is 0.243 e. The molecule has 1 fully saturated rings. The van der Waals surface area contributed by atoms with E-state index in [1.807, 2.05) is 37.3 Å². The number of sulfonamides is 1. The van der Waals surface area contributed by atoms with E-state index in [-0.39, 0.29) is 4.90 Å². The third-order valence-corrected chi connectivity index (χ3v) is 6.01. The van der Waals surface area contributed by atoms with Crippen LogP contribution < -0.4 is 10.1 Å². The van der Waals surface area contributed by atoms with Crippen molar-refractivity contribution >= 4 is 15.7 Å². The number of anilines is 1. The molecular weight excluding hydrogens is 364 g/mol. The lowest BCUT2D eigenvalue weighted by molar-refractivity contribution is 0.0730. The number of ether oxygens (including phenoxy) is 2. The van der Waals surface area contributed by atoms with Crippen molar-refractivity contribution in [2.24, 2.45) is 0 Å². The number of nitrogens with one attached hydrogen (secondary N) is 1. The van der Waals surface area contributed by atoms with Gasteiger partial charge < -0.3 is 14.8 Å². The predicted octanol–water partition coefficient (Wildman–Crippen LogP) is 3.49. The van der Waals surface area contributed by atoms with Gasteiger partial charge in [0.1, 0.15) is 5.75 Å². The highest BCUT2D eigenvalue weighted by molar-refractivity contribution is 7.89. The molecule has 1 aliphatic rings. The molecule has 0 atom stereocenters. The van der Waals surface area contributed by atoms with Crippen LogP contribution in [-0.2, 0) is 14.8 Å². The highest BCUT2D eigenvalue weighted by atomic mass is 32.2. The van der Waals surface area contributed by atoms with Gasteiger partial charge in [-0.15, -0.1) is 0 Å². The minimum atomic E-state index is -3.58. The molecule has 144 valence electrons. The SMILES string of the molecule is C=C(C)CNc1cc(S(=O)(=O)N2CCOCC2)ccc1Oc1ccccc1. The van der Waals surface area contributed by atoms with E-state index in [4.69, 9.17) is 9.47 Å². The predicted molar refractivity (Wildman–Crippen MR) is 106 cm³/mol. The molecule has 0 radical (unpaired) electrons. The summed E-state index contributed by atoms with van der Waals surface area (Å²) in [4.78, 5) is 0.231. The van der Waals surface area contributed by atoms with Gasteiger partial charge in [0.15, 0.2) is 5.75 Å². The number of morpholine rings is 1. The third-order valence-electron chi connectivity index (χ3n) is 4.11. The Morgan fingerprint density at radius 3 is 2.56 bits per heavy atom. The zero-order valence-corrected chi connectivity index (χ0v) is 16.2. The molecule has 1 heterocycles. The standard InChI is InChI=1S/C20H24N2O4S/c1-16(2)15-21-19-14-18(27(23,24)22-10-12-25-13-11-22)8-9-20(19)26-17-6-4-3-5-7-17/h3-9,14,21H,1,10-13,15H2,2H3. The van der Waals surface area contributed by atoms with E-state index in [1.165, 1.54) is 4.31 Å². The Balaban J connectivity index is 1.92. The van der Waals surface area contributed by atoms with Crippen LogP contribution in [0.4, 0.5) is 5.69 Å². The summed E-state index contributed by atoms with van der Waals surface area (Å²) in [5, 5.41) is 3.22. The zero-order chi connectivity index (χ0) is 19.3. The van der Waals surface area contributed by atoms with Crippen molar-refractivity contribution in [1.29, 1.82) is 0 Å². The van der Waals surface area contributed by atoms with Crippen molar-refractivity contribution in [2.75, 3.05) is 38.2 Å². The van der Waals surface area contributed by atoms with Gasteiger partial charge in [-0.3, -0.25) is 0 Å². The molecule has 2 aromatic carbocycles. The average Bonchev–Trinajstić information content (AvgIpc) is 2.68. The molecular formula is C20H24N2O4S. The van der Waals surface area contributed by atoms with Crippen molar-refractivity contribution in [2.45, 2.75) is 11.8 Å². The minimum absolute atomic E-state index is 0.231. The van der Waals surface area contributed by atoms with Crippen LogP contribution >= 0.6 is 0 Å². The molecule has 0 unspecified atom stereocenters. The maximum atomic E-state index is 12.9. The monoisotopic (exact) mass is 388 g/mol. The van der Waals surface area contributed by atoms with Crippen molar-refractivity contribution in [1.82, 2.24) is 4.31 Å². The minimum Gasteiger partial charge on any atom is -0.455 e. The zero-order valence-electron chi connectivity index (χ0n) is 15.3. The molecule has 1 N–H and O–H groups in total. The molecule has 0 aliphatic carbocycles. The molecule has 2 aromatic rings. The number of nitrogens with zero attached hydrogens (tertiary/aromatic N) is 1. The second-order valence-electron chi connectivity index (χ2n) is 6.40. The largest absolute Gasteiger partial charge is 0.455 e. The summed E-state index contributed by atoms with van der Waals surface area (Å²) in [5.41, 5.74) is 1.54. The molecule has 6 nitrogen and oxygen atoms in total. The van der Waals surface area contributed by atoms with Crippen LogP contribution in [0.25, 0.3) is 0 Å². The number of para-hydroxylation sites is 1. The fourth-order valence-corrected chi connectivity index (χ4v) is 4.13. The Morgan fingerprint density at radius 1 is 1.19 bits per heavy atom. The lowest BCUT2D eigenvalue weighted by Crippen LogP contribution is -2.40. The smallest absolute Gasteiger partial charge is 0.243 e. The lowest BCUT2D eigenvalue weighted by Gasteiger charge is -2.26. The van der Waals surface area contributed by atoms with Gasteiger partial charge in [-0.2, -0.15) is 4.31 Å². The first-order valence-electron chi connectivity index (χ1n) is 8.80. The first-order chi connectivity index (χ1) is 13.0. The first kappa shape index (κ1) is 19.4. The van der Waals surface area contributed by atoms with Crippen molar-refractivity contribution in [3.05, 3.63) is 60.7 Å². The van der Waals surface area contributed by atoms with Gasteiger partial charge in [-0.25, -0.2) is 8.42 Å². The van der Waals surface area contributed by atoms with Crippen LogP contribution in [-0.4, -0.2) is 45.6 Å². The summed E-state index contributed by atoms with van der Waals surface area (Å²) < 4.78 is 38.5. The van der Waals surface area contributed by atoms with E-state index in [0.29, 0.717) is 50.0 Å². The molecule has 3 rings (SSSR count). The molecule has 1 aliphatic heterocycles. The second kappa shape index (κ2) is 8.56. The summed E-state index contributed by atoms with van der Waals surface area (Å²) in [5.74, 6) is 1.24. The normalized spacial score (nSPS) is 15.3. The number of benzene rings is 2. The van der Waals surface area contributed by atoms with E-state index in [2.05, 4.69) is 11.9 Å². The van der Waals surface area contributed by atoms with Crippen molar-refractivity contribution < 1.29 is 17.9 Å². The van der Waals surface area contributed by atoms with Crippen LogP contribution in [0.2, 0.25) is 0 Å². The molecule has 7 heteroatoms. The van der Waals surface area contributed by atoms with E-state index in [9.17, 15) is 8.42 Å². The molecule has 0 amide bonds. The van der Waals surface area contributed by atoms with Crippen LogP contribution in [0, 0.1) is 0 Å². The number of hydrogen-bond donors (Lipinski definition) is 1. The number of hydrogen-bond acceptors (Lipinski definition) is 5. The fraction of sp³-hybridized carbons (Fsp3) is 0.300. The third kappa shape index (κ3) is 4.88. The summed E-state index contributed by atoms with van der Waals surface area (Å²) in [7, 11) is -3.58. The lowest BCUT2D eigenvalue weighted by atomic mass is 10.2. The Morgan fingerprint density at radius 2 is 1.89 bits per heavy atom. The topological polar surface area (TPSA) is 67.9 Å². The summed E-state index contributed by atoms with van der Waals surface area (Å²) in [6.07, 6.45) is 0. The number of rotatable bonds is 7. The molecule has 0 bridgehead atoms. The summed E-state index contributed by atoms with van der Waals surface area (Å²) in [6, 6.07) is 14.2. The van der Waals surface area contributed by atoms with Gasteiger partial charge in [0.2, 0.25) is 10.0 Å². The molecule has 0 spiro atoms. The van der Waals surface area contributed by atoms with Crippen LogP contribution in [0.3, 0.4) is 0 Å². The van der Waals surface area contributed by atoms with Gasteiger partial charge in [0, 0.05) is 19.6 Å². The van der Waals surface area contributed by atoms with Gasteiger partial charge >= 0.3 is 0 Å². The Labute approximate surface area is 160 Å². The molecule has 27 heavy (non-hydrogen) atoms.